The quantitative estimate of drug-likeness (QED) is 0.450. The molecule has 2 amide bonds. The highest BCUT2D eigenvalue weighted by Crippen LogP contribution is 2.26. The third-order valence-corrected chi connectivity index (χ3v) is 7.26. The number of piperidine rings is 1. The smallest absolute Gasteiger partial charge is 0.261 e. The molecule has 9 heteroatoms. The molecule has 38 heavy (non-hydrogen) atoms. The van der Waals surface area contributed by atoms with Gasteiger partial charge in [-0.3, -0.25) is 19.0 Å². The average Bonchev–Trinajstić information content (AvgIpc) is 2.90. The Bertz CT molecular complexity index is 1330. The first-order chi connectivity index (χ1) is 18.1. The molecule has 1 atom stereocenters. The van der Waals surface area contributed by atoms with E-state index in [0.29, 0.717) is 61.9 Å². The molecule has 0 spiro atoms. The van der Waals surface area contributed by atoms with E-state index in [-0.39, 0.29) is 29.8 Å². The van der Waals surface area contributed by atoms with Crippen molar-refractivity contribution in [3.63, 3.8) is 0 Å². The fraction of sp³-hybridized carbons (Fsp3) is 0.448. The van der Waals surface area contributed by atoms with Crippen molar-refractivity contribution in [3.05, 3.63) is 70.8 Å². The Morgan fingerprint density at radius 1 is 1.13 bits per heavy atom. The zero-order valence-corrected chi connectivity index (χ0v) is 22.4. The highest BCUT2D eigenvalue weighted by Gasteiger charge is 2.35. The molecule has 0 bridgehead atoms. The summed E-state index contributed by atoms with van der Waals surface area (Å²) in [5.74, 6) is 0.101. The number of nitrogens with zero attached hydrogens (tertiary/aromatic N) is 4. The molecule has 1 aliphatic rings. The molecule has 3 aromatic rings. The van der Waals surface area contributed by atoms with Crippen LogP contribution in [-0.4, -0.2) is 75.6 Å². The minimum absolute atomic E-state index is 0.0811. The Labute approximate surface area is 223 Å². The number of amides is 2. The topological polar surface area (TPSA) is 108 Å². The third kappa shape index (κ3) is 6.85. The molecule has 1 fully saturated rings. The summed E-state index contributed by atoms with van der Waals surface area (Å²) in [4.78, 5) is 46.3. The van der Waals surface area contributed by atoms with E-state index in [1.165, 1.54) is 10.9 Å². The van der Waals surface area contributed by atoms with Gasteiger partial charge in [0.2, 0.25) is 11.8 Å². The van der Waals surface area contributed by atoms with Crippen LogP contribution in [0.5, 0.6) is 0 Å². The number of hydrogen-bond donors (Lipinski definition) is 2. The summed E-state index contributed by atoms with van der Waals surface area (Å²) < 4.78 is 1.44. The molecule has 1 aromatic heterocycles. The second kappa shape index (κ2) is 11.9. The van der Waals surface area contributed by atoms with Crippen molar-refractivity contribution in [2.24, 2.45) is 0 Å². The first-order valence-corrected chi connectivity index (χ1v) is 13.1. The van der Waals surface area contributed by atoms with Crippen molar-refractivity contribution < 1.29 is 14.7 Å². The van der Waals surface area contributed by atoms with Crippen molar-refractivity contribution >= 4 is 28.4 Å². The van der Waals surface area contributed by atoms with Gasteiger partial charge in [0.25, 0.3) is 5.56 Å². The molecule has 1 saturated heterocycles. The van der Waals surface area contributed by atoms with Crippen LogP contribution in [0.15, 0.2) is 59.7 Å². The Balaban J connectivity index is 1.36. The Hall–Kier alpha value is -3.56. The lowest BCUT2D eigenvalue weighted by atomic mass is 9.90. The monoisotopic (exact) mass is 519 g/mol. The number of likely N-dealkylation sites (tertiary alicyclic amines) is 1. The van der Waals surface area contributed by atoms with Crippen molar-refractivity contribution in [1.82, 2.24) is 19.4 Å². The molecule has 2 aromatic carbocycles. The normalized spacial score (nSPS) is 16.0. The van der Waals surface area contributed by atoms with E-state index in [9.17, 15) is 19.5 Å². The third-order valence-electron chi connectivity index (χ3n) is 7.26. The molecule has 0 saturated carbocycles. The molecule has 4 rings (SSSR count). The number of aromatic nitrogens is 2. The zero-order chi connectivity index (χ0) is 27.3. The molecule has 202 valence electrons. The van der Waals surface area contributed by atoms with Gasteiger partial charge in [0, 0.05) is 38.2 Å². The van der Waals surface area contributed by atoms with Crippen molar-refractivity contribution in [3.8, 4) is 0 Å². The van der Waals surface area contributed by atoms with Gasteiger partial charge >= 0.3 is 0 Å². The van der Waals surface area contributed by atoms with Gasteiger partial charge in [0.1, 0.15) is 0 Å². The lowest BCUT2D eigenvalue weighted by Gasteiger charge is -2.38. The lowest BCUT2D eigenvalue weighted by molar-refractivity contribution is -0.136. The highest BCUT2D eigenvalue weighted by molar-refractivity contribution is 5.93. The van der Waals surface area contributed by atoms with Crippen LogP contribution in [0, 0.1) is 0 Å². The first kappa shape index (κ1) is 27.5. The van der Waals surface area contributed by atoms with Gasteiger partial charge < -0.3 is 20.2 Å². The van der Waals surface area contributed by atoms with Gasteiger partial charge in [-0.15, -0.1) is 0 Å². The molecular weight excluding hydrogens is 482 g/mol. The van der Waals surface area contributed by atoms with Crippen molar-refractivity contribution in [2.75, 3.05) is 39.0 Å². The maximum atomic E-state index is 13.1. The van der Waals surface area contributed by atoms with E-state index in [1.807, 2.05) is 54.2 Å². The molecule has 0 unspecified atom stereocenters. The Kier molecular flexibility index (Phi) is 8.58. The predicted molar refractivity (Wildman–Crippen MR) is 148 cm³/mol. The molecule has 1 aliphatic heterocycles. The Morgan fingerprint density at radius 3 is 2.53 bits per heavy atom. The van der Waals surface area contributed by atoms with Crippen LogP contribution in [0.2, 0.25) is 0 Å². The van der Waals surface area contributed by atoms with Crippen LogP contribution >= 0.6 is 0 Å². The standard InChI is InChI=1S/C29H37N5O4/c1-21(22-7-5-4-6-8-22)17-27(36)33-15-12-29(38,13-16-33)19-34-20-30-25-18-23(9-10-24(25)28(34)37)31-26(35)11-14-32(2)3/h4-10,18,20-21,38H,11-17,19H2,1-3H3,(H,31,35)/t21-/m1/s1. The number of nitrogens with one attached hydrogen (secondary N) is 1. The lowest BCUT2D eigenvalue weighted by Crippen LogP contribution is -2.49. The van der Waals surface area contributed by atoms with Crippen LogP contribution in [-0.2, 0) is 16.1 Å². The second-order valence-electron chi connectivity index (χ2n) is 10.6. The van der Waals surface area contributed by atoms with Crippen LogP contribution in [0.3, 0.4) is 0 Å². The summed E-state index contributed by atoms with van der Waals surface area (Å²) in [6, 6.07) is 15.0. The van der Waals surface area contributed by atoms with Crippen LogP contribution < -0.4 is 10.9 Å². The average molecular weight is 520 g/mol. The number of fused-ring (bicyclic) bond motifs is 1. The predicted octanol–water partition coefficient (Wildman–Crippen LogP) is 2.83. The fourth-order valence-electron chi connectivity index (χ4n) is 4.84. The summed E-state index contributed by atoms with van der Waals surface area (Å²) in [5.41, 5.74) is 0.863. The molecule has 0 radical (unpaired) electrons. The van der Waals surface area contributed by atoms with Gasteiger partial charge in [-0.05, 0) is 56.6 Å². The minimum Gasteiger partial charge on any atom is -0.388 e. The summed E-state index contributed by atoms with van der Waals surface area (Å²) in [6.45, 7) is 3.70. The SMILES string of the molecule is C[C@H](CC(=O)N1CCC(O)(Cn2cnc3cc(NC(=O)CCN(C)C)ccc3c2=O)CC1)c1ccccc1. The number of benzene rings is 2. The second-order valence-corrected chi connectivity index (χ2v) is 10.6. The summed E-state index contributed by atoms with van der Waals surface area (Å²) in [7, 11) is 3.82. The number of carbonyl (C=O) groups excluding carboxylic acids is 2. The zero-order valence-electron chi connectivity index (χ0n) is 22.4. The largest absolute Gasteiger partial charge is 0.388 e. The minimum atomic E-state index is -1.10. The maximum Gasteiger partial charge on any atom is 0.261 e. The first-order valence-electron chi connectivity index (χ1n) is 13.1. The van der Waals surface area contributed by atoms with Gasteiger partial charge in [-0.2, -0.15) is 0 Å². The Morgan fingerprint density at radius 2 is 1.84 bits per heavy atom. The number of hydrogen-bond acceptors (Lipinski definition) is 6. The number of rotatable bonds is 9. The van der Waals surface area contributed by atoms with E-state index >= 15 is 0 Å². The highest BCUT2D eigenvalue weighted by atomic mass is 16.3. The summed E-state index contributed by atoms with van der Waals surface area (Å²) >= 11 is 0. The van der Waals surface area contributed by atoms with E-state index in [0.717, 1.165) is 5.56 Å². The van der Waals surface area contributed by atoms with Crippen LogP contribution in [0.4, 0.5) is 5.69 Å². The fourth-order valence-corrected chi connectivity index (χ4v) is 4.84. The number of anilines is 1. The van der Waals surface area contributed by atoms with E-state index < -0.39 is 5.60 Å². The van der Waals surface area contributed by atoms with Gasteiger partial charge in [-0.25, -0.2) is 4.98 Å². The molecule has 2 N–H and O–H groups in total. The molecular formula is C29H37N5O4. The maximum absolute atomic E-state index is 13.1. The van der Waals surface area contributed by atoms with Crippen LogP contribution in [0.25, 0.3) is 10.9 Å². The molecule has 9 nitrogen and oxygen atoms in total. The van der Waals surface area contributed by atoms with E-state index in [1.54, 1.807) is 18.2 Å². The molecule has 0 aliphatic carbocycles. The number of aliphatic hydroxyl groups is 1. The summed E-state index contributed by atoms with van der Waals surface area (Å²) in [5, 5.41) is 14.5. The van der Waals surface area contributed by atoms with E-state index in [4.69, 9.17) is 0 Å². The molecule has 2 heterocycles. The van der Waals surface area contributed by atoms with Gasteiger partial charge in [-0.1, -0.05) is 37.3 Å². The van der Waals surface area contributed by atoms with Gasteiger partial charge in [0.05, 0.1) is 29.4 Å². The van der Waals surface area contributed by atoms with Gasteiger partial charge in [0.15, 0.2) is 0 Å². The summed E-state index contributed by atoms with van der Waals surface area (Å²) in [6.07, 6.45) is 3.02. The van der Waals surface area contributed by atoms with Crippen molar-refractivity contribution in [2.45, 2.75) is 50.7 Å². The van der Waals surface area contributed by atoms with E-state index in [2.05, 4.69) is 17.2 Å². The number of carbonyl (C=O) groups is 2. The van der Waals surface area contributed by atoms with Crippen LogP contribution in [0.1, 0.15) is 44.1 Å². The van der Waals surface area contributed by atoms with Crippen molar-refractivity contribution in [1.29, 1.82) is 0 Å².